The summed E-state index contributed by atoms with van der Waals surface area (Å²) in [5.41, 5.74) is 1.83. The van der Waals surface area contributed by atoms with E-state index >= 15 is 0 Å². The first-order chi connectivity index (χ1) is 13.0. The van der Waals surface area contributed by atoms with Crippen LogP contribution in [0.4, 0.5) is 0 Å². The molecule has 0 spiro atoms. The summed E-state index contributed by atoms with van der Waals surface area (Å²) in [7, 11) is 0. The topological polar surface area (TPSA) is 58.6 Å². The highest BCUT2D eigenvalue weighted by atomic mass is 32.1. The highest BCUT2D eigenvalue weighted by Crippen LogP contribution is 2.24. The van der Waals surface area contributed by atoms with Gasteiger partial charge in [0.15, 0.2) is 5.11 Å². The van der Waals surface area contributed by atoms with Crippen molar-refractivity contribution >= 4 is 35.2 Å². The Balaban J connectivity index is 1.86. The van der Waals surface area contributed by atoms with Crippen molar-refractivity contribution in [3.63, 3.8) is 0 Å². The van der Waals surface area contributed by atoms with E-state index in [0.717, 1.165) is 5.56 Å². The van der Waals surface area contributed by atoms with Crippen LogP contribution in [0.5, 0.6) is 11.5 Å². The van der Waals surface area contributed by atoms with Crippen molar-refractivity contribution in [2.45, 2.75) is 6.92 Å². The summed E-state index contributed by atoms with van der Waals surface area (Å²) >= 11 is 5.05. The minimum atomic E-state index is -0.518. The first kappa shape index (κ1) is 18.5. The lowest BCUT2D eigenvalue weighted by Crippen LogP contribution is -2.53. The fourth-order valence-corrected chi connectivity index (χ4v) is 2.82. The molecule has 0 saturated carbocycles. The van der Waals surface area contributed by atoms with Crippen molar-refractivity contribution in [3.05, 3.63) is 77.9 Å². The second-order valence-corrected chi connectivity index (χ2v) is 6.40. The molecule has 1 heterocycles. The number of nitrogens with zero attached hydrogens (tertiary/aromatic N) is 1. The molecule has 0 aromatic heterocycles. The normalized spacial score (nSPS) is 15.7. The Morgan fingerprint density at radius 2 is 1.89 bits per heavy atom. The second kappa shape index (κ2) is 7.97. The van der Waals surface area contributed by atoms with Crippen LogP contribution >= 0.6 is 12.2 Å². The van der Waals surface area contributed by atoms with Crippen molar-refractivity contribution in [1.82, 2.24) is 10.2 Å². The minimum absolute atomic E-state index is 0.0120. The average Bonchev–Trinajstić information content (AvgIpc) is 2.64. The molecule has 1 aliphatic heterocycles. The van der Waals surface area contributed by atoms with Crippen molar-refractivity contribution in [2.24, 2.45) is 0 Å². The van der Waals surface area contributed by atoms with E-state index in [2.05, 4.69) is 11.9 Å². The number of hydrogen-bond donors (Lipinski definition) is 1. The second-order valence-electron chi connectivity index (χ2n) is 6.01. The third-order valence-corrected chi connectivity index (χ3v) is 4.25. The fourth-order valence-electron chi connectivity index (χ4n) is 2.57. The van der Waals surface area contributed by atoms with Gasteiger partial charge in [0, 0.05) is 6.54 Å². The van der Waals surface area contributed by atoms with Gasteiger partial charge >= 0.3 is 0 Å². The molecular formula is C21H18N2O3S. The van der Waals surface area contributed by atoms with Crippen LogP contribution in [0.15, 0.2) is 66.8 Å². The molecule has 2 amide bonds. The number of ether oxygens (including phenoxy) is 1. The summed E-state index contributed by atoms with van der Waals surface area (Å²) in [6, 6.07) is 14.8. The van der Waals surface area contributed by atoms with Gasteiger partial charge in [0.05, 0.1) is 0 Å². The van der Waals surface area contributed by atoms with E-state index in [-0.39, 0.29) is 17.2 Å². The van der Waals surface area contributed by atoms with Crippen molar-refractivity contribution in [1.29, 1.82) is 0 Å². The zero-order chi connectivity index (χ0) is 19.4. The maximum absolute atomic E-state index is 12.6. The van der Waals surface area contributed by atoms with Gasteiger partial charge < -0.3 is 4.74 Å². The number of thiocarbonyl (C=S) groups is 1. The highest BCUT2D eigenvalue weighted by Gasteiger charge is 2.32. The lowest BCUT2D eigenvalue weighted by atomic mass is 10.1. The predicted molar refractivity (Wildman–Crippen MR) is 108 cm³/mol. The van der Waals surface area contributed by atoms with E-state index in [4.69, 9.17) is 17.0 Å². The molecule has 6 heteroatoms. The Morgan fingerprint density at radius 1 is 1.15 bits per heavy atom. The third-order valence-electron chi connectivity index (χ3n) is 3.92. The summed E-state index contributed by atoms with van der Waals surface area (Å²) < 4.78 is 5.83. The predicted octanol–water partition coefficient (Wildman–Crippen LogP) is 3.60. The maximum atomic E-state index is 12.6. The molecule has 1 aliphatic rings. The fraction of sp³-hybridized carbons (Fsp3) is 0.0952. The van der Waals surface area contributed by atoms with E-state index in [1.54, 1.807) is 24.3 Å². The first-order valence-electron chi connectivity index (χ1n) is 8.32. The number of nitrogens with one attached hydrogen (secondary N) is 1. The Kier molecular flexibility index (Phi) is 5.47. The summed E-state index contributed by atoms with van der Waals surface area (Å²) in [5.74, 6) is 0.346. The average molecular weight is 378 g/mol. The van der Waals surface area contributed by atoms with Crippen LogP contribution in [0.2, 0.25) is 0 Å². The molecule has 0 radical (unpaired) electrons. The SMILES string of the molecule is C=CCN1C(=O)/C(=C/c2cccc(Oc3ccc(C)cc3)c2)C(=O)NC1=S. The van der Waals surface area contributed by atoms with Gasteiger partial charge in [0.25, 0.3) is 11.8 Å². The van der Waals surface area contributed by atoms with E-state index in [1.165, 1.54) is 11.0 Å². The molecule has 27 heavy (non-hydrogen) atoms. The molecule has 0 unspecified atom stereocenters. The monoisotopic (exact) mass is 378 g/mol. The quantitative estimate of drug-likeness (QED) is 0.374. The largest absolute Gasteiger partial charge is 0.457 e. The third kappa shape index (κ3) is 4.30. The van der Waals surface area contributed by atoms with Gasteiger partial charge in [0.2, 0.25) is 0 Å². The molecular weight excluding hydrogens is 360 g/mol. The van der Waals surface area contributed by atoms with E-state index < -0.39 is 11.8 Å². The number of amides is 2. The Bertz CT molecular complexity index is 948. The van der Waals surface area contributed by atoms with Crippen molar-refractivity contribution in [2.75, 3.05) is 6.54 Å². The maximum Gasteiger partial charge on any atom is 0.265 e. The number of rotatable bonds is 5. The Morgan fingerprint density at radius 3 is 2.59 bits per heavy atom. The summed E-state index contributed by atoms with van der Waals surface area (Å²) in [5, 5.41) is 2.61. The number of aryl methyl sites for hydroxylation is 1. The molecule has 1 N–H and O–H groups in total. The minimum Gasteiger partial charge on any atom is -0.457 e. The molecule has 2 aromatic carbocycles. The van der Waals surface area contributed by atoms with Crippen LogP contribution in [0, 0.1) is 6.92 Å². The molecule has 0 atom stereocenters. The zero-order valence-electron chi connectivity index (χ0n) is 14.8. The van der Waals surface area contributed by atoms with Gasteiger partial charge in [-0.2, -0.15) is 0 Å². The lowest BCUT2D eigenvalue weighted by molar-refractivity contribution is -0.128. The van der Waals surface area contributed by atoms with Gasteiger partial charge in [-0.3, -0.25) is 19.8 Å². The highest BCUT2D eigenvalue weighted by molar-refractivity contribution is 7.80. The van der Waals surface area contributed by atoms with Gasteiger partial charge in [-0.1, -0.05) is 35.9 Å². The molecule has 5 nitrogen and oxygen atoms in total. The number of benzene rings is 2. The Hall–Kier alpha value is -3.25. The van der Waals surface area contributed by atoms with Crippen LogP contribution in [0.1, 0.15) is 11.1 Å². The van der Waals surface area contributed by atoms with Crippen LogP contribution in [-0.2, 0) is 9.59 Å². The first-order valence-corrected chi connectivity index (χ1v) is 8.73. The van der Waals surface area contributed by atoms with Crippen LogP contribution < -0.4 is 10.1 Å². The molecule has 2 aromatic rings. The molecule has 3 rings (SSSR count). The lowest BCUT2D eigenvalue weighted by Gasteiger charge is -2.27. The summed E-state index contributed by atoms with van der Waals surface area (Å²) in [6.45, 7) is 5.84. The van der Waals surface area contributed by atoms with Crippen LogP contribution in [-0.4, -0.2) is 28.4 Å². The van der Waals surface area contributed by atoms with Crippen LogP contribution in [0.3, 0.4) is 0 Å². The van der Waals surface area contributed by atoms with Crippen molar-refractivity contribution < 1.29 is 14.3 Å². The summed E-state index contributed by atoms with van der Waals surface area (Å²) in [6.07, 6.45) is 3.08. The molecule has 136 valence electrons. The zero-order valence-corrected chi connectivity index (χ0v) is 15.6. The number of carbonyl (C=O) groups excluding carboxylic acids is 2. The van der Waals surface area contributed by atoms with Gasteiger partial charge in [-0.25, -0.2) is 0 Å². The van der Waals surface area contributed by atoms with Gasteiger partial charge in [-0.05, 0) is 55.0 Å². The van der Waals surface area contributed by atoms with Crippen molar-refractivity contribution in [3.8, 4) is 11.5 Å². The van der Waals surface area contributed by atoms with E-state index in [1.807, 2.05) is 37.3 Å². The molecule has 1 saturated heterocycles. The molecule has 1 fully saturated rings. The molecule has 0 aliphatic carbocycles. The van der Waals surface area contributed by atoms with Gasteiger partial charge in [0.1, 0.15) is 17.1 Å². The van der Waals surface area contributed by atoms with Gasteiger partial charge in [-0.15, -0.1) is 6.58 Å². The van der Waals surface area contributed by atoms with E-state index in [0.29, 0.717) is 17.1 Å². The number of carbonyl (C=O) groups is 2. The molecule has 0 bridgehead atoms. The smallest absolute Gasteiger partial charge is 0.265 e. The Labute approximate surface area is 162 Å². The van der Waals surface area contributed by atoms with E-state index in [9.17, 15) is 9.59 Å². The van der Waals surface area contributed by atoms with Crippen LogP contribution in [0.25, 0.3) is 6.08 Å². The number of hydrogen-bond acceptors (Lipinski definition) is 4. The summed E-state index contributed by atoms with van der Waals surface area (Å²) in [4.78, 5) is 26.1. The standard InChI is InChI=1S/C21H18N2O3S/c1-3-11-23-20(25)18(19(24)22-21(23)27)13-15-5-4-6-17(12-15)26-16-9-7-14(2)8-10-16/h3-10,12-13H,1,11H2,2H3,(H,22,24,27)/b18-13+.